The molecule has 0 aliphatic carbocycles. The Morgan fingerprint density at radius 1 is 1.22 bits per heavy atom. The fraction of sp³-hybridized carbons (Fsp3) is 0.600. The third kappa shape index (κ3) is 4.39. The molecule has 0 heterocycles. The van der Waals surface area contributed by atoms with Gasteiger partial charge in [-0.2, -0.15) is 0 Å². The molecular weight excluding hydrogens is 229 g/mol. The zero-order valence-corrected chi connectivity index (χ0v) is 11.5. The first-order valence-corrected chi connectivity index (χ1v) is 6.73. The van der Waals surface area contributed by atoms with Crippen molar-refractivity contribution in [1.29, 1.82) is 0 Å². The number of rotatable bonds is 7. The number of hydrogen-bond acceptors (Lipinski definition) is 2. The maximum atomic E-state index is 12.9. The second kappa shape index (κ2) is 7.49. The summed E-state index contributed by atoms with van der Waals surface area (Å²) in [5, 5.41) is 13.7. The van der Waals surface area contributed by atoms with Gasteiger partial charge in [0.1, 0.15) is 5.82 Å². The highest BCUT2D eigenvalue weighted by molar-refractivity contribution is 5.20. The van der Waals surface area contributed by atoms with Gasteiger partial charge in [-0.25, -0.2) is 4.39 Å². The summed E-state index contributed by atoms with van der Waals surface area (Å²) in [6.45, 7) is 7.20. The second-order valence-electron chi connectivity index (χ2n) is 5.07. The molecule has 0 aliphatic rings. The summed E-state index contributed by atoms with van der Waals surface area (Å²) in [5.41, 5.74) is 0.763. The fourth-order valence-corrected chi connectivity index (χ4v) is 2.02. The molecule has 0 saturated carbocycles. The van der Waals surface area contributed by atoms with Gasteiger partial charge in [0, 0.05) is 6.04 Å². The highest BCUT2D eigenvalue weighted by Crippen LogP contribution is 2.22. The number of aliphatic hydroxyl groups excluding tert-OH is 1. The van der Waals surface area contributed by atoms with Gasteiger partial charge < -0.3 is 10.4 Å². The molecule has 0 aromatic heterocycles. The summed E-state index contributed by atoms with van der Waals surface area (Å²) >= 11 is 0. The normalized spacial score (nSPS) is 14.8. The Morgan fingerprint density at radius 3 is 2.33 bits per heavy atom. The van der Waals surface area contributed by atoms with Crippen LogP contribution in [-0.2, 0) is 0 Å². The van der Waals surface area contributed by atoms with E-state index in [-0.39, 0.29) is 11.9 Å². The summed E-state index contributed by atoms with van der Waals surface area (Å²) in [6, 6.07) is 6.08. The summed E-state index contributed by atoms with van der Waals surface area (Å²) < 4.78 is 12.9. The van der Waals surface area contributed by atoms with Crippen molar-refractivity contribution in [3.8, 4) is 0 Å². The predicted molar refractivity (Wildman–Crippen MR) is 72.9 cm³/mol. The maximum Gasteiger partial charge on any atom is 0.123 e. The Bertz CT molecular complexity index is 337. The summed E-state index contributed by atoms with van der Waals surface area (Å²) in [7, 11) is 0. The molecule has 2 N–H and O–H groups in total. The van der Waals surface area contributed by atoms with E-state index in [4.69, 9.17) is 0 Å². The molecule has 0 bridgehead atoms. The minimum absolute atomic E-state index is 0.00186. The lowest BCUT2D eigenvalue weighted by atomic mass is 9.93. The molecule has 1 aromatic rings. The molecule has 1 aromatic carbocycles. The highest BCUT2D eigenvalue weighted by Gasteiger charge is 2.23. The van der Waals surface area contributed by atoms with Crippen LogP contribution in [0.4, 0.5) is 4.39 Å². The Kier molecular flexibility index (Phi) is 6.30. The number of hydrogen-bond donors (Lipinski definition) is 2. The van der Waals surface area contributed by atoms with Crippen molar-refractivity contribution in [3.63, 3.8) is 0 Å². The Morgan fingerprint density at radius 2 is 1.83 bits per heavy atom. The topological polar surface area (TPSA) is 32.3 Å². The van der Waals surface area contributed by atoms with Gasteiger partial charge in [0.15, 0.2) is 0 Å². The van der Waals surface area contributed by atoms with Crippen molar-refractivity contribution in [1.82, 2.24) is 5.32 Å². The van der Waals surface area contributed by atoms with Crippen LogP contribution >= 0.6 is 0 Å². The van der Waals surface area contributed by atoms with E-state index in [0.717, 1.165) is 24.9 Å². The third-order valence-electron chi connectivity index (χ3n) is 3.18. The van der Waals surface area contributed by atoms with E-state index in [9.17, 15) is 9.50 Å². The van der Waals surface area contributed by atoms with Crippen LogP contribution in [0.25, 0.3) is 0 Å². The lowest BCUT2D eigenvalue weighted by Crippen LogP contribution is -2.39. The first kappa shape index (κ1) is 15.1. The summed E-state index contributed by atoms with van der Waals surface area (Å²) in [5.74, 6) is 0.0490. The number of nitrogens with one attached hydrogen (secondary N) is 1. The Labute approximate surface area is 109 Å². The first-order chi connectivity index (χ1) is 8.56. The predicted octanol–water partition coefficient (Wildman–Crippen LogP) is 3.27. The van der Waals surface area contributed by atoms with E-state index in [1.807, 2.05) is 0 Å². The molecule has 0 radical (unpaired) electrons. The van der Waals surface area contributed by atoms with Crippen LogP contribution in [0.15, 0.2) is 24.3 Å². The molecule has 2 atom stereocenters. The largest absolute Gasteiger partial charge is 0.387 e. The standard InChI is InChI=1S/C15H24FNO/c1-4-5-10-17-14(11(2)3)15(18)12-6-8-13(16)9-7-12/h6-9,11,14-15,17-18H,4-5,10H2,1-3H3. The number of unbranched alkanes of at least 4 members (excludes halogenated alkanes) is 1. The molecule has 3 heteroatoms. The van der Waals surface area contributed by atoms with Crippen molar-refractivity contribution >= 4 is 0 Å². The lowest BCUT2D eigenvalue weighted by Gasteiger charge is -2.28. The van der Waals surface area contributed by atoms with Crippen LogP contribution < -0.4 is 5.32 Å². The Hall–Kier alpha value is -0.930. The molecule has 18 heavy (non-hydrogen) atoms. The molecule has 2 nitrogen and oxygen atoms in total. The minimum Gasteiger partial charge on any atom is -0.387 e. The van der Waals surface area contributed by atoms with Crippen molar-refractivity contribution in [3.05, 3.63) is 35.6 Å². The zero-order valence-electron chi connectivity index (χ0n) is 11.5. The number of benzene rings is 1. The molecule has 2 unspecified atom stereocenters. The van der Waals surface area contributed by atoms with E-state index in [1.54, 1.807) is 12.1 Å². The van der Waals surface area contributed by atoms with E-state index in [1.165, 1.54) is 12.1 Å². The minimum atomic E-state index is -0.595. The van der Waals surface area contributed by atoms with Crippen LogP contribution in [0.1, 0.15) is 45.3 Å². The van der Waals surface area contributed by atoms with Crippen LogP contribution in [0.5, 0.6) is 0 Å². The van der Waals surface area contributed by atoms with E-state index in [2.05, 4.69) is 26.1 Å². The van der Waals surface area contributed by atoms with Crippen LogP contribution in [0.2, 0.25) is 0 Å². The molecule has 0 aliphatic heterocycles. The molecule has 0 saturated heterocycles. The average molecular weight is 253 g/mol. The second-order valence-corrected chi connectivity index (χ2v) is 5.07. The molecule has 102 valence electrons. The van der Waals surface area contributed by atoms with E-state index >= 15 is 0 Å². The molecule has 1 rings (SSSR count). The highest BCUT2D eigenvalue weighted by atomic mass is 19.1. The quantitative estimate of drug-likeness (QED) is 0.731. The monoisotopic (exact) mass is 253 g/mol. The van der Waals surface area contributed by atoms with Gasteiger partial charge in [0.05, 0.1) is 6.10 Å². The molecular formula is C15H24FNO. The molecule has 0 fully saturated rings. The van der Waals surface area contributed by atoms with Gasteiger partial charge in [0.25, 0.3) is 0 Å². The zero-order chi connectivity index (χ0) is 13.5. The number of aliphatic hydroxyl groups is 1. The fourth-order valence-electron chi connectivity index (χ4n) is 2.02. The lowest BCUT2D eigenvalue weighted by molar-refractivity contribution is 0.105. The van der Waals surface area contributed by atoms with E-state index < -0.39 is 6.10 Å². The van der Waals surface area contributed by atoms with Crippen LogP contribution in [0, 0.1) is 11.7 Å². The van der Waals surface area contributed by atoms with Crippen molar-refractivity contribution < 1.29 is 9.50 Å². The number of halogens is 1. The van der Waals surface area contributed by atoms with Crippen molar-refractivity contribution in [2.24, 2.45) is 5.92 Å². The summed E-state index contributed by atoms with van der Waals surface area (Å²) in [6.07, 6.45) is 1.63. The van der Waals surface area contributed by atoms with Gasteiger partial charge >= 0.3 is 0 Å². The van der Waals surface area contributed by atoms with Crippen LogP contribution in [-0.4, -0.2) is 17.7 Å². The third-order valence-corrected chi connectivity index (χ3v) is 3.18. The smallest absolute Gasteiger partial charge is 0.123 e. The molecule has 0 amide bonds. The van der Waals surface area contributed by atoms with Gasteiger partial charge in [0.2, 0.25) is 0 Å². The van der Waals surface area contributed by atoms with Gasteiger partial charge in [-0.1, -0.05) is 39.3 Å². The average Bonchev–Trinajstić information content (AvgIpc) is 2.34. The van der Waals surface area contributed by atoms with Crippen molar-refractivity contribution in [2.45, 2.75) is 45.8 Å². The summed E-state index contributed by atoms with van der Waals surface area (Å²) in [4.78, 5) is 0. The van der Waals surface area contributed by atoms with E-state index in [0.29, 0.717) is 5.92 Å². The van der Waals surface area contributed by atoms with Gasteiger partial charge in [-0.15, -0.1) is 0 Å². The van der Waals surface area contributed by atoms with Crippen molar-refractivity contribution in [2.75, 3.05) is 6.54 Å². The molecule has 0 spiro atoms. The SMILES string of the molecule is CCCCNC(C(C)C)C(O)c1ccc(F)cc1. The van der Waals surface area contributed by atoms with Crippen LogP contribution in [0.3, 0.4) is 0 Å². The maximum absolute atomic E-state index is 12.9. The van der Waals surface area contributed by atoms with Gasteiger partial charge in [-0.3, -0.25) is 0 Å². The Balaban J connectivity index is 2.69. The first-order valence-electron chi connectivity index (χ1n) is 6.73. The van der Waals surface area contributed by atoms with Gasteiger partial charge in [-0.05, 0) is 36.6 Å².